The van der Waals surface area contributed by atoms with E-state index in [2.05, 4.69) is 16.6 Å². The smallest absolute Gasteiger partial charge is 0.150 e. The minimum Gasteiger partial charge on any atom is -0.333 e. The molecule has 0 unspecified atom stereocenters. The first-order chi connectivity index (χ1) is 5.24. The highest BCUT2D eigenvalue weighted by Gasteiger charge is 1.86. The lowest BCUT2D eigenvalue weighted by atomic mass is 10.5. The van der Waals surface area contributed by atoms with Crippen LogP contribution in [0.15, 0.2) is 30.2 Å². The van der Waals surface area contributed by atoms with Crippen LogP contribution in [0.3, 0.4) is 0 Å². The van der Waals surface area contributed by atoms with Crippen LogP contribution in [0.25, 0.3) is 0 Å². The number of hydrogen-bond donors (Lipinski definition) is 0. The molecule has 1 heterocycles. The first-order valence-electron chi connectivity index (χ1n) is 3.38. The molecule has 58 valence electrons. The minimum atomic E-state index is 0.811. The van der Waals surface area contributed by atoms with Crippen LogP contribution in [0, 0.1) is 6.92 Å². The fourth-order valence-electron chi connectivity index (χ4n) is 0.848. The molecule has 0 spiro atoms. The summed E-state index contributed by atoms with van der Waals surface area (Å²) in [6, 6.07) is 0. The van der Waals surface area contributed by atoms with Gasteiger partial charge in [-0.2, -0.15) is 0 Å². The number of rotatable bonds is 1. The first kappa shape index (κ1) is 7.72. The third-order valence-electron chi connectivity index (χ3n) is 1.35. The van der Waals surface area contributed by atoms with Crippen molar-refractivity contribution >= 4 is 0 Å². The van der Waals surface area contributed by atoms with E-state index in [1.54, 1.807) is 6.20 Å². The maximum atomic E-state index is 4.10. The zero-order chi connectivity index (χ0) is 8.27. The second-order valence-electron chi connectivity index (χ2n) is 2.31. The van der Waals surface area contributed by atoms with E-state index in [9.17, 15) is 0 Å². The van der Waals surface area contributed by atoms with Crippen LogP contribution < -0.4 is 5.49 Å². The standard InChI is InChI=1S/C8H11N3/c1-4-9-8-5-10-7(2)6-11(8)3/h4-6H,1H2,2-3H3. The van der Waals surface area contributed by atoms with Crippen molar-refractivity contribution in [3.05, 3.63) is 36.4 Å². The average molecular weight is 149 g/mol. The van der Waals surface area contributed by atoms with Crippen molar-refractivity contribution in [2.75, 3.05) is 0 Å². The van der Waals surface area contributed by atoms with E-state index in [1.807, 2.05) is 24.7 Å². The summed E-state index contributed by atoms with van der Waals surface area (Å²) in [5.41, 5.74) is 1.79. The Bertz CT molecular complexity index is 322. The van der Waals surface area contributed by atoms with Crippen molar-refractivity contribution in [1.29, 1.82) is 0 Å². The molecule has 3 nitrogen and oxygen atoms in total. The van der Waals surface area contributed by atoms with E-state index in [0.29, 0.717) is 0 Å². The molecule has 1 aromatic heterocycles. The van der Waals surface area contributed by atoms with Crippen LogP contribution in [0.4, 0.5) is 0 Å². The van der Waals surface area contributed by atoms with Crippen molar-refractivity contribution in [3.8, 4) is 0 Å². The van der Waals surface area contributed by atoms with E-state index in [0.717, 1.165) is 11.2 Å². The van der Waals surface area contributed by atoms with E-state index >= 15 is 0 Å². The molecule has 0 aliphatic carbocycles. The molecule has 11 heavy (non-hydrogen) atoms. The lowest BCUT2D eigenvalue weighted by Crippen LogP contribution is -2.17. The van der Waals surface area contributed by atoms with Crippen molar-refractivity contribution < 1.29 is 0 Å². The Morgan fingerprint density at radius 1 is 1.73 bits per heavy atom. The van der Waals surface area contributed by atoms with Crippen LogP contribution >= 0.6 is 0 Å². The molecule has 0 atom stereocenters. The third-order valence-corrected chi connectivity index (χ3v) is 1.35. The molecule has 0 aliphatic heterocycles. The maximum absolute atomic E-state index is 4.10. The van der Waals surface area contributed by atoms with Gasteiger partial charge in [0.2, 0.25) is 0 Å². The average Bonchev–Trinajstić information content (AvgIpc) is 1.95. The fourth-order valence-corrected chi connectivity index (χ4v) is 0.848. The highest BCUT2D eigenvalue weighted by atomic mass is 15.0. The summed E-state index contributed by atoms with van der Waals surface area (Å²) >= 11 is 0. The quantitative estimate of drug-likeness (QED) is 0.580. The molecule has 0 aliphatic rings. The Kier molecular flexibility index (Phi) is 2.21. The second kappa shape index (κ2) is 3.14. The molecule has 0 N–H and O–H groups in total. The number of nitrogens with zero attached hydrogens (tertiary/aromatic N) is 3. The Morgan fingerprint density at radius 3 is 3.00 bits per heavy atom. The Balaban J connectivity index is 3.30. The number of hydrogen-bond acceptors (Lipinski definition) is 2. The fraction of sp³-hybridized carbons (Fsp3) is 0.250. The van der Waals surface area contributed by atoms with Gasteiger partial charge < -0.3 is 4.57 Å². The van der Waals surface area contributed by atoms with Crippen LogP contribution in [0.1, 0.15) is 5.69 Å². The summed E-state index contributed by atoms with van der Waals surface area (Å²) in [6.45, 7) is 5.45. The highest BCUT2D eigenvalue weighted by molar-refractivity contribution is 4.92. The van der Waals surface area contributed by atoms with Gasteiger partial charge in [-0.3, -0.25) is 4.98 Å². The molecule has 0 fully saturated rings. The van der Waals surface area contributed by atoms with Crippen molar-refractivity contribution in [3.63, 3.8) is 0 Å². The Labute approximate surface area is 65.7 Å². The predicted octanol–water partition coefficient (Wildman–Crippen LogP) is 0.773. The normalized spacial score (nSPS) is 11.6. The third kappa shape index (κ3) is 1.77. The molecule has 0 radical (unpaired) electrons. The largest absolute Gasteiger partial charge is 0.333 e. The van der Waals surface area contributed by atoms with E-state index in [4.69, 9.17) is 0 Å². The molecular formula is C8H11N3. The molecule has 3 heteroatoms. The summed E-state index contributed by atoms with van der Waals surface area (Å²) in [7, 11) is 1.93. The monoisotopic (exact) mass is 149 g/mol. The maximum Gasteiger partial charge on any atom is 0.150 e. The summed E-state index contributed by atoms with van der Waals surface area (Å²) in [5, 5.41) is 0. The Morgan fingerprint density at radius 2 is 2.45 bits per heavy atom. The van der Waals surface area contributed by atoms with Gasteiger partial charge in [0.1, 0.15) is 0 Å². The van der Waals surface area contributed by atoms with E-state index in [1.165, 1.54) is 6.20 Å². The van der Waals surface area contributed by atoms with Gasteiger partial charge in [0.15, 0.2) is 5.49 Å². The number of aromatic nitrogens is 2. The second-order valence-corrected chi connectivity index (χ2v) is 2.31. The summed E-state index contributed by atoms with van der Waals surface area (Å²) in [6.07, 6.45) is 5.14. The van der Waals surface area contributed by atoms with Gasteiger partial charge in [0.25, 0.3) is 0 Å². The summed E-state index contributed by atoms with van der Waals surface area (Å²) in [4.78, 5) is 8.11. The first-order valence-corrected chi connectivity index (χ1v) is 3.38. The molecule has 0 amide bonds. The van der Waals surface area contributed by atoms with Gasteiger partial charge in [-0.15, -0.1) is 0 Å². The predicted molar refractivity (Wildman–Crippen MR) is 43.7 cm³/mol. The molecule has 1 aromatic rings. The SMILES string of the molecule is C=CN=c1cnc(C)cn1C. The lowest BCUT2D eigenvalue weighted by molar-refractivity contribution is 0.802. The zero-order valence-corrected chi connectivity index (χ0v) is 6.78. The van der Waals surface area contributed by atoms with Crippen LogP contribution in [-0.2, 0) is 7.05 Å². The van der Waals surface area contributed by atoms with E-state index < -0.39 is 0 Å². The molecule has 0 saturated carbocycles. The molecule has 0 aromatic carbocycles. The van der Waals surface area contributed by atoms with Gasteiger partial charge in [-0.1, -0.05) is 6.58 Å². The van der Waals surface area contributed by atoms with Crippen LogP contribution in [0.2, 0.25) is 0 Å². The van der Waals surface area contributed by atoms with Gasteiger partial charge in [-0.25, -0.2) is 4.99 Å². The zero-order valence-electron chi connectivity index (χ0n) is 6.78. The molecular weight excluding hydrogens is 138 g/mol. The van der Waals surface area contributed by atoms with Crippen LogP contribution in [0.5, 0.6) is 0 Å². The minimum absolute atomic E-state index is 0.811. The van der Waals surface area contributed by atoms with Gasteiger partial charge >= 0.3 is 0 Å². The van der Waals surface area contributed by atoms with Gasteiger partial charge in [0.05, 0.1) is 11.9 Å². The molecule has 0 bridgehead atoms. The lowest BCUT2D eigenvalue weighted by Gasteiger charge is -1.98. The Hall–Kier alpha value is -1.38. The van der Waals surface area contributed by atoms with Gasteiger partial charge in [0, 0.05) is 19.4 Å². The molecule has 0 saturated heterocycles. The summed E-state index contributed by atoms with van der Waals surface area (Å²) < 4.78 is 1.91. The summed E-state index contributed by atoms with van der Waals surface area (Å²) in [5.74, 6) is 0. The van der Waals surface area contributed by atoms with Crippen molar-refractivity contribution in [2.24, 2.45) is 12.0 Å². The number of aryl methyl sites for hydroxylation is 2. The highest BCUT2D eigenvalue weighted by Crippen LogP contribution is 1.83. The van der Waals surface area contributed by atoms with Gasteiger partial charge in [-0.05, 0) is 6.92 Å². The van der Waals surface area contributed by atoms with E-state index in [-0.39, 0.29) is 0 Å². The van der Waals surface area contributed by atoms with Crippen molar-refractivity contribution in [1.82, 2.24) is 9.55 Å². The topological polar surface area (TPSA) is 30.2 Å². The van der Waals surface area contributed by atoms with Crippen molar-refractivity contribution in [2.45, 2.75) is 6.92 Å². The molecule has 1 rings (SSSR count). The van der Waals surface area contributed by atoms with Crippen LogP contribution in [-0.4, -0.2) is 9.55 Å².